The second-order valence-corrected chi connectivity index (χ2v) is 3.20. The first-order valence-corrected chi connectivity index (χ1v) is 3.98. The zero-order valence-corrected chi connectivity index (χ0v) is 7.41. The van der Waals surface area contributed by atoms with Gasteiger partial charge >= 0.3 is 0 Å². The molecule has 1 heteroatoms. The molecule has 10 heavy (non-hydrogen) atoms. The largest absolute Gasteiger partial charge is 0.319 e. The van der Waals surface area contributed by atoms with Crippen LogP contribution >= 0.6 is 0 Å². The van der Waals surface area contributed by atoms with Gasteiger partial charge in [-0.1, -0.05) is 26.0 Å². The fraction of sp³-hybridized carbons (Fsp3) is 0.778. The first-order chi connectivity index (χ1) is 4.66. The predicted octanol–water partition coefficient (Wildman–Crippen LogP) is 2.20. The van der Waals surface area contributed by atoms with Crippen LogP contribution < -0.4 is 5.32 Å². The van der Waals surface area contributed by atoms with Gasteiger partial charge < -0.3 is 5.32 Å². The molecule has 0 aliphatic rings. The van der Waals surface area contributed by atoms with Crippen LogP contribution in [-0.2, 0) is 0 Å². The van der Waals surface area contributed by atoms with Gasteiger partial charge in [0.2, 0.25) is 0 Å². The van der Waals surface area contributed by atoms with E-state index in [0.29, 0.717) is 0 Å². The third-order valence-electron chi connectivity index (χ3n) is 1.43. The molecule has 60 valence electrons. The number of nitrogens with one attached hydrogen (secondary N) is 1. The van der Waals surface area contributed by atoms with Crippen LogP contribution in [0.1, 0.15) is 26.7 Å². The van der Waals surface area contributed by atoms with E-state index in [0.717, 1.165) is 18.9 Å². The Balaban J connectivity index is 3.26. The molecule has 0 heterocycles. The van der Waals surface area contributed by atoms with E-state index in [2.05, 4.69) is 25.7 Å². The second kappa shape index (κ2) is 5.48. The molecule has 0 spiro atoms. The summed E-state index contributed by atoms with van der Waals surface area (Å²) in [4.78, 5) is 0. The van der Waals surface area contributed by atoms with Gasteiger partial charge in [-0.15, -0.1) is 0 Å². The summed E-state index contributed by atoms with van der Waals surface area (Å²) in [6.45, 7) is 9.51. The van der Waals surface area contributed by atoms with Crippen molar-refractivity contribution in [3.63, 3.8) is 0 Å². The normalized spacial score (nSPS) is 10.4. The Morgan fingerprint density at radius 3 is 2.50 bits per heavy atom. The molecular formula is C9H19N. The topological polar surface area (TPSA) is 12.0 Å². The Hall–Kier alpha value is -0.300. The summed E-state index contributed by atoms with van der Waals surface area (Å²) in [5.41, 5.74) is 1.37. The van der Waals surface area contributed by atoms with E-state index in [1.807, 2.05) is 7.05 Å². The van der Waals surface area contributed by atoms with Crippen molar-refractivity contribution in [2.24, 2.45) is 5.92 Å². The molecule has 0 saturated heterocycles. The summed E-state index contributed by atoms with van der Waals surface area (Å²) in [6, 6.07) is 0. The molecule has 0 aliphatic heterocycles. The van der Waals surface area contributed by atoms with E-state index in [9.17, 15) is 0 Å². The lowest BCUT2D eigenvalue weighted by atomic mass is 10.0. The lowest BCUT2D eigenvalue weighted by Gasteiger charge is -2.07. The maximum absolute atomic E-state index is 3.99. The van der Waals surface area contributed by atoms with Crippen molar-refractivity contribution in [3.05, 3.63) is 12.2 Å². The highest BCUT2D eigenvalue weighted by Crippen LogP contribution is 2.10. The molecule has 0 aromatic carbocycles. The SMILES string of the molecule is C=C(CCNC)CC(C)C. The molecule has 0 radical (unpaired) electrons. The van der Waals surface area contributed by atoms with Gasteiger partial charge in [-0.3, -0.25) is 0 Å². The van der Waals surface area contributed by atoms with Gasteiger partial charge in [-0.2, -0.15) is 0 Å². The summed E-state index contributed by atoms with van der Waals surface area (Å²) in [5, 5.41) is 3.11. The Labute approximate surface area is 64.5 Å². The van der Waals surface area contributed by atoms with Crippen LogP contribution in [0.5, 0.6) is 0 Å². The van der Waals surface area contributed by atoms with Crippen LogP contribution in [0.2, 0.25) is 0 Å². The van der Waals surface area contributed by atoms with E-state index in [1.54, 1.807) is 0 Å². The summed E-state index contributed by atoms with van der Waals surface area (Å²) in [7, 11) is 1.97. The average molecular weight is 141 g/mol. The predicted molar refractivity (Wildman–Crippen MR) is 47.1 cm³/mol. The summed E-state index contributed by atoms with van der Waals surface area (Å²) in [6.07, 6.45) is 2.29. The number of hydrogen-bond donors (Lipinski definition) is 1. The third-order valence-corrected chi connectivity index (χ3v) is 1.43. The minimum Gasteiger partial charge on any atom is -0.319 e. The van der Waals surface area contributed by atoms with Gasteiger partial charge in [0.05, 0.1) is 0 Å². The van der Waals surface area contributed by atoms with Crippen LogP contribution in [0.3, 0.4) is 0 Å². The lowest BCUT2D eigenvalue weighted by Crippen LogP contribution is -2.08. The van der Waals surface area contributed by atoms with Crippen molar-refractivity contribution in [1.29, 1.82) is 0 Å². The molecule has 1 nitrogen and oxygen atoms in total. The molecular weight excluding hydrogens is 122 g/mol. The molecule has 0 aliphatic carbocycles. The Kier molecular flexibility index (Phi) is 5.32. The minimum atomic E-state index is 0.754. The molecule has 1 N–H and O–H groups in total. The third kappa shape index (κ3) is 5.83. The lowest BCUT2D eigenvalue weighted by molar-refractivity contribution is 0.619. The van der Waals surface area contributed by atoms with Crippen molar-refractivity contribution < 1.29 is 0 Å². The maximum atomic E-state index is 3.99. The first kappa shape index (κ1) is 9.70. The van der Waals surface area contributed by atoms with E-state index in [4.69, 9.17) is 0 Å². The van der Waals surface area contributed by atoms with Crippen LogP contribution in [0.4, 0.5) is 0 Å². The molecule has 0 fully saturated rings. The smallest absolute Gasteiger partial charge is 0.00147 e. The van der Waals surface area contributed by atoms with Crippen LogP contribution in [0.15, 0.2) is 12.2 Å². The highest BCUT2D eigenvalue weighted by molar-refractivity contribution is 4.94. The van der Waals surface area contributed by atoms with Gasteiger partial charge in [-0.05, 0) is 32.4 Å². The van der Waals surface area contributed by atoms with Gasteiger partial charge in [-0.25, -0.2) is 0 Å². The zero-order chi connectivity index (χ0) is 7.98. The molecule has 0 aromatic heterocycles. The molecule has 0 rings (SSSR count). The highest BCUT2D eigenvalue weighted by atomic mass is 14.8. The van der Waals surface area contributed by atoms with Crippen molar-refractivity contribution >= 4 is 0 Å². The van der Waals surface area contributed by atoms with Crippen LogP contribution in [0.25, 0.3) is 0 Å². The minimum absolute atomic E-state index is 0.754. The Bertz CT molecular complexity index is 94.9. The number of hydrogen-bond acceptors (Lipinski definition) is 1. The molecule has 0 unspecified atom stereocenters. The summed E-state index contributed by atoms with van der Waals surface area (Å²) < 4.78 is 0. The second-order valence-electron chi connectivity index (χ2n) is 3.20. The zero-order valence-electron chi connectivity index (χ0n) is 7.41. The van der Waals surface area contributed by atoms with Gasteiger partial charge in [0.15, 0.2) is 0 Å². The van der Waals surface area contributed by atoms with Gasteiger partial charge in [0.1, 0.15) is 0 Å². The monoisotopic (exact) mass is 141 g/mol. The van der Waals surface area contributed by atoms with Crippen LogP contribution in [0, 0.1) is 5.92 Å². The standard InChI is InChI=1S/C9H19N/c1-8(2)7-9(3)5-6-10-4/h8,10H,3,5-7H2,1-2,4H3. The fourth-order valence-corrected chi connectivity index (χ4v) is 0.981. The Morgan fingerprint density at radius 2 is 2.10 bits per heavy atom. The van der Waals surface area contributed by atoms with Gasteiger partial charge in [0.25, 0.3) is 0 Å². The van der Waals surface area contributed by atoms with Crippen LogP contribution in [-0.4, -0.2) is 13.6 Å². The van der Waals surface area contributed by atoms with E-state index in [1.165, 1.54) is 12.0 Å². The summed E-state index contributed by atoms with van der Waals surface area (Å²) >= 11 is 0. The van der Waals surface area contributed by atoms with Crippen molar-refractivity contribution in [2.45, 2.75) is 26.7 Å². The average Bonchev–Trinajstić information content (AvgIpc) is 1.82. The van der Waals surface area contributed by atoms with E-state index < -0.39 is 0 Å². The van der Waals surface area contributed by atoms with Gasteiger partial charge in [0, 0.05) is 0 Å². The fourth-order valence-electron chi connectivity index (χ4n) is 0.981. The van der Waals surface area contributed by atoms with Crippen molar-refractivity contribution in [2.75, 3.05) is 13.6 Å². The first-order valence-electron chi connectivity index (χ1n) is 3.98. The molecule has 0 bridgehead atoms. The van der Waals surface area contributed by atoms with Crippen molar-refractivity contribution in [1.82, 2.24) is 5.32 Å². The van der Waals surface area contributed by atoms with Crippen molar-refractivity contribution in [3.8, 4) is 0 Å². The number of rotatable bonds is 5. The molecule has 0 amide bonds. The maximum Gasteiger partial charge on any atom is -0.00147 e. The quantitative estimate of drug-likeness (QED) is 0.579. The molecule has 0 atom stereocenters. The van der Waals surface area contributed by atoms with E-state index in [-0.39, 0.29) is 0 Å². The highest BCUT2D eigenvalue weighted by Gasteiger charge is 1.96. The Morgan fingerprint density at radius 1 is 1.50 bits per heavy atom. The van der Waals surface area contributed by atoms with E-state index >= 15 is 0 Å². The summed E-state index contributed by atoms with van der Waals surface area (Å²) in [5.74, 6) is 0.754. The molecule has 0 saturated carbocycles. The molecule has 0 aromatic rings.